The highest BCUT2D eigenvalue weighted by Gasteiger charge is 2.37. The van der Waals surface area contributed by atoms with Crippen molar-refractivity contribution in [2.24, 2.45) is 38.2 Å². The van der Waals surface area contributed by atoms with Crippen LogP contribution in [0.25, 0.3) is 22.9 Å². The number of hydrogen-bond donors (Lipinski definition) is 6. The summed E-state index contributed by atoms with van der Waals surface area (Å²) in [4.78, 5) is 88.9. The van der Waals surface area contributed by atoms with Crippen molar-refractivity contribution in [2.45, 2.75) is 267 Å². The molecular weight excluding hydrogens is 1560 g/mol. The third kappa shape index (κ3) is 30.6. The molecule has 1 saturated carbocycles. The first kappa shape index (κ1) is 93.9. The Kier molecular flexibility index (Phi) is 38.5. The van der Waals surface area contributed by atoms with Gasteiger partial charge in [-0.05, 0) is 232 Å². The van der Waals surface area contributed by atoms with Gasteiger partial charge in [0.05, 0.1) is 76.0 Å². The van der Waals surface area contributed by atoms with Crippen LogP contribution in [0.2, 0.25) is 0 Å². The van der Waals surface area contributed by atoms with Gasteiger partial charge in [-0.25, -0.2) is 9.59 Å². The van der Waals surface area contributed by atoms with Crippen LogP contribution in [0.5, 0.6) is 0 Å². The van der Waals surface area contributed by atoms with Crippen LogP contribution in [-0.4, -0.2) is 121 Å². The van der Waals surface area contributed by atoms with Gasteiger partial charge >= 0.3 is 12.2 Å². The summed E-state index contributed by atoms with van der Waals surface area (Å²) in [6.07, 6.45) is 40.6. The minimum absolute atomic E-state index is 0.0205. The van der Waals surface area contributed by atoms with E-state index in [-0.39, 0.29) is 53.8 Å². The Labute approximate surface area is 729 Å². The maximum absolute atomic E-state index is 12.6. The van der Waals surface area contributed by atoms with Crippen LogP contribution in [0.1, 0.15) is 260 Å². The zero-order valence-electron chi connectivity index (χ0n) is 73.3. The summed E-state index contributed by atoms with van der Waals surface area (Å²) in [5.74, 6) is 1.53. The van der Waals surface area contributed by atoms with Gasteiger partial charge in [0, 0.05) is 67.9 Å². The number of aryl methyl sites for hydroxylation is 2. The second-order valence-corrected chi connectivity index (χ2v) is 31.9. The SMILES string of the molecule is CCCC(=O)Nc1ccc(-c2nnc(C)c3c2CCCCCC3)nc1.CCCC(=O)Nc1ccc(-c2nnc(C)nn2)nc1.CCCC(=O)Nc1ccc(C2=NN=C(C)C3CCCCC(OC(=O)NCc4ccccc4)CC23)nc1.CCCC(=O)Nc1ccc(C2=NN=C(C)C3CCCCCC=C23)nc1.O=C(NCc1ccccc1)OC1/C=C/CCCCC1. The van der Waals surface area contributed by atoms with Gasteiger partial charge in [-0.1, -0.05) is 139 Å². The molecule has 8 heterocycles. The highest BCUT2D eigenvalue weighted by Crippen LogP contribution is 2.37. The van der Waals surface area contributed by atoms with Crippen LogP contribution in [0.4, 0.5) is 32.3 Å². The number of anilines is 4. The zero-order valence-corrected chi connectivity index (χ0v) is 73.3. The van der Waals surface area contributed by atoms with Gasteiger partial charge in [0.15, 0.2) is 5.82 Å². The lowest BCUT2D eigenvalue weighted by Crippen LogP contribution is -2.38. The molecule has 5 atom stereocenters. The number of hydrogen-bond acceptors (Lipinski definition) is 22. The fourth-order valence-electron chi connectivity index (χ4n) is 15.4. The Hall–Kier alpha value is -12.4. The molecule has 0 bridgehead atoms. The van der Waals surface area contributed by atoms with E-state index in [0.29, 0.717) is 79.8 Å². The van der Waals surface area contributed by atoms with Crippen molar-refractivity contribution in [3.63, 3.8) is 0 Å². The Morgan fingerprint density at radius 3 is 1.45 bits per heavy atom. The maximum Gasteiger partial charge on any atom is 0.407 e. The van der Waals surface area contributed by atoms with Gasteiger partial charge in [0.2, 0.25) is 29.5 Å². The predicted molar refractivity (Wildman–Crippen MR) is 487 cm³/mol. The molecule has 28 nitrogen and oxygen atoms in total. The molecule has 6 aromatic heterocycles. The van der Waals surface area contributed by atoms with E-state index in [2.05, 4.69) is 129 Å². The Balaban J connectivity index is 0.000000166. The molecule has 14 rings (SSSR count). The monoisotopic (exact) mass is 1680 g/mol. The molecule has 6 aliphatic rings. The van der Waals surface area contributed by atoms with E-state index in [1.54, 1.807) is 43.8 Å². The molecule has 654 valence electrons. The summed E-state index contributed by atoms with van der Waals surface area (Å²) >= 11 is 0. The molecular formula is C96H122N20O8. The number of nitrogens with one attached hydrogen (secondary N) is 6. The summed E-state index contributed by atoms with van der Waals surface area (Å²) in [5.41, 5.74) is 17.5. The molecule has 6 amide bonds. The summed E-state index contributed by atoms with van der Waals surface area (Å²) in [5, 5.41) is 59.1. The van der Waals surface area contributed by atoms with Gasteiger partial charge in [0.25, 0.3) is 0 Å². The highest BCUT2D eigenvalue weighted by atomic mass is 16.6. The van der Waals surface area contributed by atoms with Crippen molar-refractivity contribution in [1.82, 2.24) is 61.2 Å². The number of fused-ring (bicyclic) bond motifs is 3. The standard InChI is InChI=1S/C28H35N5O3.2C20H26N4O.C16H21NO2.C12H14N6O/c1-3-9-26(34)31-21-14-15-25(29-18-21)27-24-16-22(12-7-8-13-23(24)19(2)32-33-27)36-28(35)30-17-20-10-5-4-6-11-20;2*1-3-8-19(25)22-15-11-12-18(21-13-15)20-17-10-7-5-4-6-9-16(17)14(2)23-24-20;18-16(17-13-14-9-5-4-6-10-14)19-15-11-7-2-1-3-8-12-15;1-3-4-11(19)14-9-5-6-10(13-7-9)12-17-15-8(2)16-18-12/h4-6,10-11,14-15,18,22-24H,3,7-9,12-13,16-17H2,1-2H3,(H,30,35)(H,31,34);11-13H,3-10H2,1-2H3,(H,22,25);10-13,16H,3-9H2,1-2H3,(H,22,25);4-7,9-11,15H,1-3,8,12-13H2,(H,17,18);5-7H,3-4H2,1-2H3,(H,14,19)/b;;;11-7+;. The molecule has 8 aromatic rings. The van der Waals surface area contributed by atoms with Crippen molar-refractivity contribution in [3.8, 4) is 22.9 Å². The smallest absolute Gasteiger partial charge is 0.407 e. The predicted octanol–water partition coefficient (Wildman–Crippen LogP) is 19.4. The molecule has 4 aliphatic carbocycles. The lowest BCUT2D eigenvalue weighted by molar-refractivity contribution is -0.117. The topological polar surface area (TPSA) is 371 Å². The quantitative estimate of drug-likeness (QED) is 0.0343. The van der Waals surface area contributed by atoms with Crippen LogP contribution in [-0.2, 0) is 54.6 Å². The van der Waals surface area contributed by atoms with Gasteiger partial charge in [-0.15, -0.1) is 30.6 Å². The number of nitrogens with zero attached hydrogens (tertiary/aromatic N) is 14. The van der Waals surface area contributed by atoms with E-state index < -0.39 is 6.09 Å². The van der Waals surface area contributed by atoms with E-state index in [9.17, 15) is 28.8 Å². The van der Waals surface area contributed by atoms with E-state index in [4.69, 9.17) is 9.47 Å². The number of carbonyl (C=O) groups is 6. The molecule has 6 N–H and O–H groups in total. The van der Waals surface area contributed by atoms with Crippen molar-refractivity contribution >= 4 is 81.4 Å². The number of alkyl carbamates (subject to hydrolysis) is 2. The third-order valence-electron chi connectivity index (χ3n) is 22.0. The van der Waals surface area contributed by atoms with Crippen LogP contribution in [0.3, 0.4) is 0 Å². The molecule has 1 fully saturated rings. The van der Waals surface area contributed by atoms with Crippen molar-refractivity contribution in [1.29, 1.82) is 0 Å². The first-order valence-electron chi connectivity index (χ1n) is 44.5. The molecule has 28 heteroatoms. The molecule has 2 aromatic carbocycles. The minimum atomic E-state index is -0.397. The minimum Gasteiger partial charge on any atom is -0.446 e. The number of pyridine rings is 4. The molecule has 0 radical (unpaired) electrons. The zero-order chi connectivity index (χ0) is 87.6. The maximum atomic E-state index is 12.6. The molecule has 2 aliphatic heterocycles. The fraction of sp³-hybridized carbons (Fsp3) is 0.458. The van der Waals surface area contributed by atoms with Crippen molar-refractivity contribution in [2.75, 3.05) is 21.3 Å². The van der Waals surface area contributed by atoms with Crippen LogP contribution < -0.4 is 31.9 Å². The number of rotatable bonds is 22. The average molecular weight is 1680 g/mol. The fourth-order valence-corrected chi connectivity index (χ4v) is 15.4. The normalized spacial score (nSPS) is 18.1. The molecule has 0 spiro atoms. The van der Waals surface area contributed by atoms with Crippen LogP contribution in [0, 0.1) is 31.6 Å². The second kappa shape index (κ2) is 50.9. The first-order chi connectivity index (χ1) is 60.4. The molecule has 124 heavy (non-hydrogen) atoms. The summed E-state index contributed by atoms with van der Waals surface area (Å²) in [7, 11) is 0. The van der Waals surface area contributed by atoms with E-state index in [1.165, 1.54) is 74.5 Å². The third-order valence-corrected chi connectivity index (χ3v) is 22.0. The van der Waals surface area contributed by atoms with E-state index in [0.717, 1.165) is 170 Å². The highest BCUT2D eigenvalue weighted by molar-refractivity contribution is 6.16. The van der Waals surface area contributed by atoms with Crippen LogP contribution >= 0.6 is 0 Å². The van der Waals surface area contributed by atoms with Crippen molar-refractivity contribution in [3.05, 3.63) is 203 Å². The van der Waals surface area contributed by atoms with Gasteiger partial charge in [-0.3, -0.25) is 39.1 Å². The van der Waals surface area contributed by atoms with Crippen LogP contribution in [0.15, 0.2) is 178 Å². The number of benzene rings is 2. The lowest BCUT2D eigenvalue weighted by atomic mass is 9.74. The Morgan fingerprint density at radius 2 is 0.903 bits per heavy atom. The summed E-state index contributed by atoms with van der Waals surface area (Å²) in [6.45, 7) is 16.7. The summed E-state index contributed by atoms with van der Waals surface area (Å²) < 4.78 is 11.3. The Bertz CT molecular complexity index is 4930. The molecule has 0 saturated heterocycles. The molecule has 5 unspecified atom stereocenters. The number of amides is 6. The van der Waals surface area contributed by atoms with Gasteiger partial charge in [-0.2, -0.15) is 20.4 Å². The first-order valence-corrected chi connectivity index (χ1v) is 44.5. The average Bonchev–Trinajstić information content (AvgIpc) is 0.783. The summed E-state index contributed by atoms with van der Waals surface area (Å²) in [6, 6.07) is 34.5. The van der Waals surface area contributed by atoms with E-state index in [1.807, 2.05) is 138 Å². The Morgan fingerprint density at radius 1 is 0.419 bits per heavy atom. The van der Waals surface area contributed by atoms with Gasteiger partial charge in [0.1, 0.15) is 29.3 Å². The second-order valence-electron chi connectivity index (χ2n) is 31.9. The lowest BCUT2D eigenvalue weighted by Gasteiger charge is -2.34. The number of ether oxygens (including phenoxy) is 2. The van der Waals surface area contributed by atoms with E-state index >= 15 is 0 Å². The number of allylic oxidation sites excluding steroid dienone is 3. The van der Waals surface area contributed by atoms with Gasteiger partial charge < -0.3 is 41.4 Å². The largest absolute Gasteiger partial charge is 0.446 e. The van der Waals surface area contributed by atoms with Crippen molar-refractivity contribution < 1.29 is 38.2 Å². The number of aromatic nitrogens is 10. The number of carbonyl (C=O) groups excluding carboxylic acids is 6.